The van der Waals surface area contributed by atoms with E-state index in [1.165, 1.54) is 12.1 Å². The lowest BCUT2D eigenvalue weighted by molar-refractivity contribution is -0.120. The van der Waals surface area contributed by atoms with Crippen LogP contribution < -0.4 is 5.32 Å². The lowest BCUT2D eigenvalue weighted by Gasteiger charge is -2.02. The molecule has 6 heteroatoms. The van der Waals surface area contributed by atoms with Crippen LogP contribution in [0.15, 0.2) is 59.1 Å². The van der Waals surface area contributed by atoms with Gasteiger partial charge in [-0.25, -0.2) is 4.39 Å². The van der Waals surface area contributed by atoms with Gasteiger partial charge in [-0.05, 0) is 23.3 Å². The number of hydrogen-bond donors (Lipinski definition) is 1. The zero-order chi connectivity index (χ0) is 16.8. The average Bonchev–Trinajstić information content (AvgIpc) is 3.03. The minimum absolute atomic E-state index is 0.176. The van der Waals surface area contributed by atoms with Crippen molar-refractivity contribution in [3.8, 4) is 0 Å². The lowest BCUT2D eigenvalue weighted by Crippen LogP contribution is -2.25. The van der Waals surface area contributed by atoms with Gasteiger partial charge in [-0.2, -0.15) is 4.98 Å². The molecule has 0 saturated heterocycles. The van der Waals surface area contributed by atoms with Crippen molar-refractivity contribution in [2.24, 2.45) is 0 Å². The molecule has 0 unspecified atom stereocenters. The summed E-state index contributed by atoms with van der Waals surface area (Å²) in [5, 5.41) is 6.57. The molecule has 1 heterocycles. The number of halogens is 1. The van der Waals surface area contributed by atoms with Crippen molar-refractivity contribution < 1.29 is 13.7 Å². The minimum Gasteiger partial charge on any atom is -0.348 e. The molecule has 122 valence electrons. The molecule has 3 rings (SSSR count). The van der Waals surface area contributed by atoms with Gasteiger partial charge < -0.3 is 9.84 Å². The Morgan fingerprint density at radius 2 is 1.79 bits per heavy atom. The number of rotatable bonds is 6. The Balaban J connectivity index is 1.50. The number of benzene rings is 2. The number of nitrogens with zero attached hydrogens (tertiary/aromatic N) is 2. The van der Waals surface area contributed by atoms with Crippen molar-refractivity contribution in [1.82, 2.24) is 15.5 Å². The van der Waals surface area contributed by atoms with Crippen LogP contribution in [0.1, 0.15) is 22.8 Å². The van der Waals surface area contributed by atoms with Gasteiger partial charge in [-0.15, -0.1) is 0 Å². The van der Waals surface area contributed by atoms with Gasteiger partial charge in [0.1, 0.15) is 5.82 Å². The second kappa shape index (κ2) is 7.50. The van der Waals surface area contributed by atoms with Crippen molar-refractivity contribution in [3.05, 3.63) is 83.3 Å². The first-order valence-corrected chi connectivity index (χ1v) is 7.55. The summed E-state index contributed by atoms with van der Waals surface area (Å²) in [6, 6.07) is 15.6. The Morgan fingerprint density at radius 1 is 1.04 bits per heavy atom. The third-order valence-corrected chi connectivity index (χ3v) is 3.43. The topological polar surface area (TPSA) is 68.0 Å². The smallest absolute Gasteiger partial charge is 0.231 e. The summed E-state index contributed by atoms with van der Waals surface area (Å²) in [5.74, 6) is 0.422. The quantitative estimate of drug-likeness (QED) is 0.756. The van der Waals surface area contributed by atoms with Crippen molar-refractivity contribution in [2.75, 3.05) is 0 Å². The maximum atomic E-state index is 12.8. The van der Waals surface area contributed by atoms with E-state index in [0.717, 1.165) is 11.1 Å². The molecule has 0 atom stereocenters. The number of nitrogens with one attached hydrogen (secondary N) is 1. The Labute approximate surface area is 138 Å². The van der Waals surface area contributed by atoms with Crippen molar-refractivity contribution in [1.29, 1.82) is 0 Å². The number of aromatic nitrogens is 2. The van der Waals surface area contributed by atoms with Gasteiger partial charge in [0, 0.05) is 0 Å². The third-order valence-electron chi connectivity index (χ3n) is 3.43. The van der Waals surface area contributed by atoms with Gasteiger partial charge in [0.25, 0.3) is 0 Å². The molecule has 0 radical (unpaired) electrons. The molecule has 0 spiro atoms. The number of carbonyl (C=O) groups is 1. The molecule has 0 aliphatic heterocycles. The van der Waals surface area contributed by atoms with Gasteiger partial charge >= 0.3 is 0 Å². The minimum atomic E-state index is -0.322. The van der Waals surface area contributed by atoms with Crippen LogP contribution in [0.4, 0.5) is 4.39 Å². The maximum Gasteiger partial charge on any atom is 0.231 e. The second-order valence-corrected chi connectivity index (χ2v) is 5.35. The van der Waals surface area contributed by atoms with Crippen LogP contribution in [-0.4, -0.2) is 16.0 Å². The van der Waals surface area contributed by atoms with Crippen LogP contribution in [0.3, 0.4) is 0 Å². The number of carbonyl (C=O) groups excluding carboxylic acids is 1. The van der Waals surface area contributed by atoms with Crippen molar-refractivity contribution in [2.45, 2.75) is 19.4 Å². The van der Waals surface area contributed by atoms with E-state index in [0.29, 0.717) is 18.1 Å². The van der Waals surface area contributed by atoms with Crippen molar-refractivity contribution in [3.63, 3.8) is 0 Å². The predicted octanol–water partition coefficient (Wildman–Crippen LogP) is 2.66. The van der Waals surface area contributed by atoms with Crippen LogP contribution in [0, 0.1) is 5.82 Å². The van der Waals surface area contributed by atoms with E-state index in [2.05, 4.69) is 15.5 Å². The molecule has 2 aromatic carbocycles. The molecule has 3 aromatic rings. The molecule has 5 nitrogen and oxygen atoms in total. The van der Waals surface area contributed by atoms with Gasteiger partial charge in [0.2, 0.25) is 11.8 Å². The molecule has 1 aromatic heterocycles. The first kappa shape index (κ1) is 15.9. The van der Waals surface area contributed by atoms with Crippen LogP contribution in [0.5, 0.6) is 0 Å². The Hall–Kier alpha value is -3.02. The summed E-state index contributed by atoms with van der Waals surface area (Å²) >= 11 is 0. The highest BCUT2D eigenvalue weighted by atomic mass is 19.1. The summed E-state index contributed by atoms with van der Waals surface area (Å²) < 4.78 is 18.0. The Kier molecular flexibility index (Phi) is 4.96. The first-order valence-electron chi connectivity index (χ1n) is 7.55. The third kappa shape index (κ3) is 4.49. The normalized spacial score (nSPS) is 10.5. The fourth-order valence-electron chi connectivity index (χ4n) is 2.23. The molecule has 1 N–H and O–H groups in total. The highest BCUT2D eigenvalue weighted by Gasteiger charge is 2.09. The van der Waals surface area contributed by atoms with E-state index >= 15 is 0 Å². The van der Waals surface area contributed by atoms with Gasteiger partial charge in [0.15, 0.2) is 5.82 Å². The molecule has 0 bridgehead atoms. The largest absolute Gasteiger partial charge is 0.348 e. The molecule has 0 aliphatic carbocycles. The van der Waals surface area contributed by atoms with E-state index in [9.17, 15) is 9.18 Å². The summed E-state index contributed by atoms with van der Waals surface area (Å²) in [6.45, 7) is 0.193. The highest BCUT2D eigenvalue weighted by Crippen LogP contribution is 2.07. The van der Waals surface area contributed by atoms with Crippen molar-refractivity contribution >= 4 is 5.91 Å². The summed E-state index contributed by atoms with van der Waals surface area (Å²) in [4.78, 5) is 16.1. The highest BCUT2D eigenvalue weighted by molar-refractivity contribution is 5.78. The van der Waals surface area contributed by atoms with Crippen LogP contribution >= 0.6 is 0 Å². The molecular formula is C18H16FN3O2. The Bertz CT molecular complexity index is 801. The average molecular weight is 325 g/mol. The van der Waals surface area contributed by atoms with Gasteiger partial charge in [-0.3, -0.25) is 4.79 Å². The van der Waals surface area contributed by atoms with E-state index in [1.807, 2.05) is 30.3 Å². The van der Waals surface area contributed by atoms with E-state index in [-0.39, 0.29) is 24.7 Å². The van der Waals surface area contributed by atoms with Crippen LogP contribution in [0.2, 0.25) is 0 Å². The number of hydrogen-bond acceptors (Lipinski definition) is 4. The van der Waals surface area contributed by atoms with E-state index < -0.39 is 0 Å². The lowest BCUT2D eigenvalue weighted by atomic mass is 10.1. The van der Waals surface area contributed by atoms with Gasteiger partial charge in [0.05, 0.1) is 19.4 Å². The summed E-state index contributed by atoms with van der Waals surface area (Å²) in [5.41, 5.74) is 1.82. The molecule has 0 fully saturated rings. The van der Waals surface area contributed by atoms with Gasteiger partial charge in [-0.1, -0.05) is 47.6 Å². The van der Waals surface area contributed by atoms with Crippen LogP contribution in [0.25, 0.3) is 0 Å². The standard InChI is InChI=1S/C18H16FN3O2/c19-15-8-6-14(7-9-15)10-17(23)20-12-16-21-18(24-22-16)11-13-4-2-1-3-5-13/h1-9H,10-12H2,(H,20,23). The molecule has 24 heavy (non-hydrogen) atoms. The first-order chi connectivity index (χ1) is 11.7. The van der Waals surface area contributed by atoms with E-state index in [4.69, 9.17) is 4.52 Å². The summed E-state index contributed by atoms with van der Waals surface area (Å²) in [6.07, 6.45) is 0.729. The maximum absolute atomic E-state index is 12.8. The fraction of sp³-hybridized carbons (Fsp3) is 0.167. The fourth-order valence-corrected chi connectivity index (χ4v) is 2.23. The Morgan fingerprint density at radius 3 is 2.54 bits per heavy atom. The zero-order valence-electron chi connectivity index (χ0n) is 12.9. The molecule has 1 amide bonds. The number of amides is 1. The SMILES string of the molecule is O=C(Cc1ccc(F)cc1)NCc1noc(Cc2ccccc2)n1. The molecular weight excluding hydrogens is 309 g/mol. The zero-order valence-corrected chi connectivity index (χ0v) is 12.9. The monoisotopic (exact) mass is 325 g/mol. The van der Waals surface area contributed by atoms with E-state index in [1.54, 1.807) is 12.1 Å². The summed E-state index contributed by atoms with van der Waals surface area (Å²) in [7, 11) is 0. The second-order valence-electron chi connectivity index (χ2n) is 5.35. The predicted molar refractivity (Wildman–Crippen MR) is 85.5 cm³/mol. The molecule has 0 aliphatic rings. The molecule has 0 saturated carbocycles. The van der Waals surface area contributed by atoms with Crippen LogP contribution in [-0.2, 0) is 24.2 Å².